The molecule has 6 nitrogen and oxygen atoms in total. The van der Waals surface area contributed by atoms with Crippen molar-refractivity contribution in [1.29, 1.82) is 0 Å². The Morgan fingerprint density at radius 2 is 2.24 bits per heavy atom. The van der Waals surface area contributed by atoms with Gasteiger partial charge in [0.25, 0.3) is 11.8 Å². The smallest absolute Gasteiger partial charge is 0.260 e. The molecule has 1 saturated heterocycles. The van der Waals surface area contributed by atoms with Gasteiger partial charge in [0.2, 0.25) is 0 Å². The van der Waals surface area contributed by atoms with E-state index in [4.69, 9.17) is 5.73 Å². The molecule has 2 aromatic heterocycles. The minimum Gasteiger partial charge on any atom is -0.365 e. The van der Waals surface area contributed by atoms with Gasteiger partial charge in [-0.2, -0.15) is 0 Å². The van der Waals surface area contributed by atoms with E-state index in [0.29, 0.717) is 17.0 Å². The SMILES string of the molecule is NC(=O)c1cnc(C2CCCN2C(=O)c2cccnc2)s1. The molecular weight excluding hydrogens is 288 g/mol. The van der Waals surface area contributed by atoms with Crippen LogP contribution in [0.4, 0.5) is 0 Å². The van der Waals surface area contributed by atoms with E-state index in [1.165, 1.54) is 17.5 Å². The zero-order valence-corrected chi connectivity index (χ0v) is 12.0. The van der Waals surface area contributed by atoms with E-state index in [1.54, 1.807) is 29.4 Å². The molecule has 2 aromatic rings. The predicted octanol–water partition coefficient (Wildman–Crippen LogP) is 1.61. The number of likely N-dealkylation sites (tertiary alicyclic amines) is 1. The molecule has 1 atom stereocenters. The summed E-state index contributed by atoms with van der Waals surface area (Å²) in [6.07, 6.45) is 6.44. The van der Waals surface area contributed by atoms with Crippen molar-refractivity contribution in [3.63, 3.8) is 0 Å². The van der Waals surface area contributed by atoms with Gasteiger partial charge in [0.15, 0.2) is 0 Å². The lowest BCUT2D eigenvalue weighted by atomic mass is 10.2. The van der Waals surface area contributed by atoms with Gasteiger partial charge >= 0.3 is 0 Å². The van der Waals surface area contributed by atoms with Gasteiger partial charge in [-0.05, 0) is 25.0 Å². The molecule has 1 aliphatic rings. The summed E-state index contributed by atoms with van der Waals surface area (Å²) in [6.45, 7) is 0.684. The van der Waals surface area contributed by atoms with Gasteiger partial charge in [0.05, 0.1) is 17.8 Å². The van der Waals surface area contributed by atoms with E-state index in [0.717, 1.165) is 17.8 Å². The summed E-state index contributed by atoms with van der Waals surface area (Å²) in [5.41, 5.74) is 5.82. The van der Waals surface area contributed by atoms with Gasteiger partial charge in [-0.25, -0.2) is 4.98 Å². The first-order valence-corrected chi connectivity index (χ1v) is 7.45. The zero-order valence-electron chi connectivity index (χ0n) is 11.2. The van der Waals surface area contributed by atoms with E-state index < -0.39 is 5.91 Å². The highest BCUT2D eigenvalue weighted by atomic mass is 32.1. The molecule has 0 spiro atoms. The van der Waals surface area contributed by atoms with Crippen LogP contribution >= 0.6 is 11.3 Å². The lowest BCUT2D eigenvalue weighted by Crippen LogP contribution is -2.30. The van der Waals surface area contributed by atoms with Gasteiger partial charge in [-0.3, -0.25) is 14.6 Å². The van der Waals surface area contributed by atoms with E-state index in [1.807, 2.05) is 0 Å². The van der Waals surface area contributed by atoms with Gasteiger partial charge in [0, 0.05) is 18.9 Å². The Bertz CT molecular complexity index is 671. The van der Waals surface area contributed by atoms with Crippen molar-refractivity contribution in [2.24, 2.45) is 5.73 Å². The molecule has 3 rings (SSSR count). The van der Waals surface area contributed by atoms with Crippen LogP contribution in [0.3, 0.4) is 0 Å². The zero-order chi connectivity index (χ0) is 14.8. The number of thiazole rings is 1. The Morgan fingerprint density at radius 3 is 2.90 bits per heavy atom. The molecule has 0 aromatic carbocycles. The van der Waals surface area contributed by atoms with Crippen molar-refractivity contribution in [3.8, 4) is 0 Å². The van der Waals surface area contributed by atoms with Crippen LogP contribution in [-0.2, 0) is 0 Å². The third kappa shape index (κ3) is 2.64. The van der Waals surface area contributed by atoms with Gasteiger partial charge in [0.1, 0.15) is 9.88 Å². The Morgan fingerprint density at radius 1 is 1.38 bits per heavy atom. The molecule has 0 aliphatic carbocycles. The fraction of sp³-hybridized carbons (Fsp3) is 0.286. The number of carbonyl (C=O) groups excluding carboxylic acids is 2. The Hall–Kier alpha value is -2.28. The second kappa shape index (κ2) is 5.61. The number of aromatic nitrogens is 2. The predicted molar refractivity (Wildman–Crippen MR) is 77.9 cm³/mol. The number of amides is 2. The normalized spacial score (nSPS) is 17.9. The van der Waals surface area contributed by atoms with Crippen LogP contribution in [-0.4, -0.2) is 33.2 Å². The first-order chi connectivity index (χ1) is 10.2. The summed E-state index contributed by atoms with van der Waals surface area (Å²) in [7, 11) is 0. The van der Waals surface area contributed by atoms with E-state index >= 15 is 0 Å². The second-order valence-corrected chi connectivity index (χ2v) is 5.89. The highest BCUT2D eigenvalue weighted by Gasteiger charge is 2.32. The van der Waals surface area contributed by atoms with Crippen LogP contribution in [0.15, 0.2) is 30.7 Å². The number of nitrogens with zero attached hydrogens (tertiary/aromatic N) is 3. The molecular formula is C14H14N4O2S. The molecule has 1 aliphatic heterocycles. The van der Waals surface area contributed by atoms with Crippen LogP contribution in [0.5, 0.6) is 0 Å². The number of nitrogens with two attached hydrogens (primary N) is 1. The quantitative estimate of drug-likeness (QED) is 0.933. The number of carbonyl (C=O) groups is 2. The molecule has 2 amide bonds. The van der Waals surface area contributed by atoms with Crippen LogP contribution in [0.2, 0.25) is 0 Å². The van der Waals surface area contributed by atoms with Crippen molar-refractivity contribution < 1.29 is 9.59 Å². The minimum absolute atomic E-state index is 0.0542. The third-order valence-corrected chi connectivity index (χ3v) is 4.59. The van der Waals surface area contributed by atoms with E-state index in [9.17, 15) is 9.59 Å². The topological polar surface area (TPSA) is 89.2 Å². The van der Waals surface area contributed by atoms with Crippen molar-refractivity contribution >= 4 is 23.2 Å². The van der Waals surface area contributed by atoms with Crippen molar-refractivity contribution in [1.82, 2.24) is 14.9 Å². The summed E-state index contributed by atoms with van der Waals surface area (Å²) in [4.78, 5) is 34.2. The maximum Gasteiger partial charge on any atom is 0.260 e. The van der Waals surface area contributed by atoms with E-state index in [-0.39, 0.29) is 11.9 Å². The van der Waals surface area contributed by atoms with Crippen molar-refractivity contribution in [2.45, 2.75) is 18.9 Å². The summed E-state index contributed by atoms with van der Waals surface area (Å²) in [6, 6.07) is 3.41. The maximum absolute atomic E-state index is 12.5. The third-order valence-electron chi connectivity index (χ3n) is 3.47. The fourth-order valence-electron chi connectivity index (χ4n) is 2.48. The summed E-state index contributed by atoms with van der Waals surface area (Å²) < 4.78 is 0. The molecule has 0 saturated carbocycles. The molecule has 21 heavy (non-hydrogen) atoms. The minimum atomic E-state index is -0.484. The first kappa shape index (κ1) is 13.7. The first-order valence-electron chi connectivity index (χ1n) is 6.63. The van der Waals surface area contributed by atoms with Crippen LogP contribution in [0.1, 0.15) is 43.9 Å². The van der Waals surface area contributed by atoms with Gasteiger partial charge < -0.3 is 10.6 Å². The Kier molecular flexibility index (Phi) is 3.66. The van der Waals surface area contributed by atoms with Crippen LogP contribution < -0.4 is 5.73 Å². The number of pyridine rings is 1. The summed E-state index contributed by atoms with van der Waals surface area (Å²) >= 11 is 1.26. The monoisotopic (exact) mass is 302 g/mol. The Labute approximate surface area is 125 Å². The van der Waals surface area contributed by atoms with Crippen LogP contribution in [0.25, 0.3) is 0 Å². The highest BCUT2D eigenvalue weighted by Crippen LogP contribution is 2.35. The molecule has 7 heteroatoms. The lowest BCUT2D eigenvalue weighted by Gasteiger charge is -2.22. The van der Waals surface area contributed by atoms with Crippen molar-refractivity contribution in [3.05, 3.63) is 46.2 Å². The molecule has 2 N–H and O–H groups in total. The van der Waals surface area contributed by atoms with E-state index in [2.05, 4.69) is 9.97 Å². The number of rotatable bonds is 3. The average molecular weight is 302 g/mol. The fourth-order valence-corrected chi connectivity index (χ4v) is 3.40. The number of hydrogen-bond donors (Lipinski definition) is 1. The maximum atomic E-state index is 12.5. The Balaban J connectivity index is 1.85. The lowest BCUT2D eigenvalue weighted by molar-refractivity contribution is 0.0735. The summed E-state index contributed by atoms with van der Waals surface area (Å²) in [5.74, 6) is -0.539. The largest absolute Gasteiger partial charge is 0.365 e. The van der Waals surface area contributed by atoms with Crippen LogP contribution in [0, 0.1) is 0 Å². The summed E-state index contributed by atoms with van der Waals surface area (Å²) in [5, 5.41) is 0.763. The van der Waals surface area contributed by atoms with Crippen molar-refractivity contribution in [2.75, 3.05) is 6.54 Å². The molecule has 1 unspecified atom stereocenters. The van der Waals surface area contributed by atoms with Gasteiger partial charge in [-0.15, -0.1) is 11.3 Å². The molecule has 0 radical (unpaired) electrons. The molecule has 1 fully saturated rings. The highest BCUT2D eigenvalue weighted by molar-refractivity contribution is 7.13. The standard InChI is InChI=1S/C14H14N4O2S/c15-12(19)11-8-17-13(21-11)10-4-2-6-18(10)14(20)9-3-1-5-16-7-9/h1,3,5,7-8,10H,2,4,6H2,(H2,15,19). The molecule has 0 bridgehead atoms. The average Bonchev–Trinajstić information content (AvgIpc) is 3.16. The molecule has 108 valence electrons. The number of primary amides is 1. The second-order valence-electron chi connectivity index (χ2n) is 4.83. The molecule has 3 heterocycles. The van der Waals surface area contributed by atoms with Gasteiger partial charge in [-0.1, -0.05) is 0 Å². The number of hydrogen-bond acceptors (Lipinski definition) is 5.